The molecule has 0 bridgehead atoms. The van der Waals surface area contributed by atoms with Crippen LogP contribution in [-0.2, 0) is 11.2 Å². The minimum Gasteiger partial charge on any atom is -0.294 e. The first-order valence-electron chi connectivity index (χ1n) is 5.70. The first-order chi connectivity index (χ1) is 8.63. The summed E-state index contributed by atoms with van der Waals surface area (Å²) in [6.45, 7) is 1.89. The minimum absolute atomic E-state index is 0.0433. The molecule has 2 heterocycles. The SMILES string of the molecule is Cc1cc2n(n1)C(c1ccc(F)cc1)=CC(=O)C2. The molecule has 0 saturated heterocycles. The molecule has 0 unspecified atom stereocenters. The number of fused-ring (bicyclic) bond motifs is 1. The largest absolute Gasteiger partial charge is 0.294 e. The smallest absolute Gasteiger partial charge is 0.163 e. The van der Waals surface area contributed by atoms with Crippen molar-refractivity contribution in [2.45, 2.75) is 13.3 Å². The molecule has 1 aliphatic heterocycles. The van der Waals surface area contributed by atoms with Crippen molar-refractivity contribution in [2.24, 2.45) is 0 Å². The van der Waals surface area contributed by atoms with Gasteiger partial charge in [-0.15, -0.1) is 0 Å². The van der Waals surface area contributed by atoms with Gasteiger partial charge < -0.3 is 0 Å². The van der Waals surface area contributed by atoms with Crippen LogP contribution in [0, 0.1) is 12.7 Å². The second-order valence-electron chi connectivity index (χ2n) is 4.37. The van der Waals surface area contributed by atoms with Gasteiger partial charge in [-0.25, -0.2) is 9.07 Å². The summed E-state index contributed by atoms with van der Waals surface area (Å²) in [5, 5.41) is 4.37. The zero-order valence-corrected chi connectivity index (χ0v) is 9.85. The quantitative estimate of drug-likeness (QED) is 0.769. The molecule has 4 heteroatoms. The number of hydrogen-bond acceptors (Lipinski definition) is 2. The van der Waals surface area contributed by atoms with Gasteiger partial charge in [-0.1, -0.05) is 0 Å². The third-order valence-corrected chi connectivity index (χ3v) is 2.93. The standard InChI is InChI=1S/C14H11FN2O/c1-9-6-12-7-13(18)8-14(17(12)16-9)10-2-4-11(15)5-3-10/h2-6,8H,7H2,1H3. The number of hydrogen-bond donors (Lipinski definition) is 0. The number of carbonyl (C=O) groups is 1. The van der Waals surface area contributed by atoms with E-state index in [4.69, 9.17) is 0 Å². The molecular weight excluding hydrogens is 231 g/mol. The Morgan fingerprint density at radius 1 is 1.28 bits per heavy atom. The lowest BCUT2D eigenvalue weighted by Crippen LogP contribution is -2.16. The van der Waals surface area contributed by atoms with Crippen molar-refractivity contribution in [3.8, 4) is 0 Å². The molecule has 18 heavy (non-hydrogen) atoms. The summed E-state index contributed by atoms with van der Waals surface area (Å²) >= 11 is 0. The molecule has 0 fully saturated rings. The molecule has 90 valence electrons. The van der Waals surface area contributed by atoms with E-state index in [1.165, 1.54) is 12.1 Å². The maximum absolute atomic E-state index is 12.9. The fourth-order valence-corrected chi connectivity index (χ4v) is 2.16. The van der Waals surface area contributed by atoms with Gasteiger partial charge in [-0.2, -0.15) is 5.10 Å². The van der Waals surface area contributed by atoms with Gasteiger partial charge in [-0.3, -0.25) is 4.79 Å². The monoisotopic (exact) mass is 242 g/mol. The van der Waals surface area contributed by atoms with Gasteiger partial charge in [0.15, 0.2) is 5.78 Å². The number of allylic oxidation sites excluding steroid dienone is 1. The fraction of sp³-hybridized carbons (Fsp3) is 0.143. The molecule has 1 aromatic carbocycles. The second-order valence-corrected chi connectivity index (χ2v) is 4.37. The average Bonchev–Trinajstić information content (AvgIpc) is 2.69. The van der Waals surface area contributed by atoms with Crippen LogP contribution in [0.1, 0.15) is 17.0 Å². The molecule has 1 aliphatic rings. The first-order valence-corrected chi connectivity index (χ1v) is 5.70. The lowest BCUT2D eigenvalue weighted by atomic mass is 10.0. The topological polar surface area (TPSA) is 34.9 Å². The zero-order valence-electron chi connectivity index (χ0n) is 9.85. The molecule has 0 N–H and O–H groups in total. The third-order valence-electron chi connectivity index (χ3n) is 2.93. The van der Waals surface area contributed by atoms with E-state index >= 15 is 0 Å². The highest BCUT2D eigenvalue weighted by Crippen LogP contribution is 2.24. The molecule has 0 atom stereocenters. The second kappa shape index (κ2) is 3.91. The van der Waals surface area contributed by atoms with E-state index in [1.807, 2.05) is 13.0 Å². The van der Waals surface area contributed by atoms with Crippen LogP contribution in [0.2, 0.25) is 0 Å². The fourth-order valence-electron chi connectivity index (χ4n) is 2.16. The van der Waals surface area contributed by atoms with Crippen molar-refractivity contribution in [1.82, 2.24) is 9.78 Å². The van der Waals surface area contributed by atoms with Crippen molar-refractivity contribution in [3.63, 3.8) is 0 Å². The maximum Gasteiger partial charge on any atom is 0.163 e. The van der Waals surface area contributed by atoms with Crippen LogP contribution < -0.4 is 0 Å². The van der Waals surface area contributed by atoms with Gasteiger partial charge in [0.25, 0.3) is 0 Å². The van der Waals surface area contributed by atoms with Crippen LogP contribution in [0.3, 0.4) is 0 Å². The number of rotatable bonds is 1. The lowest BCUT2D eigenvalue weighted by Gasteiger charge is -2.15. The number of carbonyl (C=O) groups excluding carboxylic acids is 1. The zero-order chi connectivity index (χ0) is 12.7. The van der Waals surface area contributed by atoms with E-state index in [0.717, 1.165) is 17.0 Å². The third kappa shape index (κ3) is 1.76. The van der Waals surface area contributed by atoms with Gasteiger partial charge >= 0.3 is 0 Å². The van der Waals surface area contributed by atoms with Crippen molar-refractivity contribution in [3.05, 3.63) is 59.2 Å². The molecule has 1 aromatic heterocycles. The van der Waals surface area contributed by atoms with E-state index in [1.54, 1.807) is 22.9 Å². The highest BCUT2D eigenvalue weighted by atomic mass is 19.1. The Hall–Kier alpha value is -2.23. The summed E-state index contributed by atoms with van der Waals surface area (Å²) < 4.78 is 14.7. The number of halogens is 1. The van der Waals surface area contributed by atoms with Crippen LogP contribution in [0.5, 0.6) is 0 Å². The highest BCUT2D eigenvalue weighted by Gasteiger charge is 2.19. The summed E-state index contributed by atoms with van der Waals surface area (Å²) in [6, 6.07) is 7.96. The summed E-state index contributed by atoms with van der Waals surface area (Å²) in [6.07, 6.45) is 1.93. The number of nitrogens with zero attached hydrogens (tertiary/aromatic N) is 2. The van der Waals surface area contributed by atoms with Gasteiger partial charge in [0.05, 0.1) is 23.5 Å². The summed E-state index contributed by atoms with van der Waals surface area (Å²) in [5.74, 6) is -0.250. The number of ketones is 1. The van der Waals surface area contributed by atoms with Crippen molar-refractivity contribution in [2.75, 3.05) is 0 Å². The summed E-state index contributed by atoms with van der Waals surface area (Å²) in [5.41, 5.74) is 3.23. The molecule has 0 radical (unpaired) electrons. The predicted molar refractivity (Wildman–Crippen MR) is 65.5 cm³/mol. The van der Waals surface area contributed by atoms with Gasteiger partial charge in [0, 0.05) is 11.6 Å². The number of aromatic nitrogens is 2. The van der Waals surface area contributed by atoms with E-state index in [0.29, 0.717) is 12.1 Å². The Morgan fingerprint density at radius 2 is 2.00 bits per heavy atom. The summed E-state index contributed by atoms with van der Waals surface area (Å²) in [4.78, 5) is 11.7. The predicted octanol–water partition coefficient (Wildman–Crippen LogP) is 2.35. The van der Waals surface area contributed by atoms with Gasteiger partial charge in [-0.05, 0) is 37.3 Å². The van der Waals surface area contributed by atoms with Crippen LogP contribution in [0.25, 0.3) is 5.70 Å². The van der Waals surface area contributed by atoms with E-state index in [9.17, 15) is 9.18 Å². The van der Waals surface area contributed by atoms with Crippen LogP contribution in [-0.4, -0.2) is 15.6 Å². The maximum atomic E-state index is 12.9. The van der Waals surface area contributed by atoms with E-state index in [2.05, 4.69) is 5.10 Å². The Morgan fingerprint density at radius 3 is 2.72 bits per heavy atom. The van der Waals surface area contributed by atoms with Crippen molar-refractivity contribution >= 4 is 11.5 Å². The Labute approximate surface area is 104 Å². The molecule has 3 rings (SSSR count). The number of benzene rings is 1. The Kier molecular flexibility index (Phi) is 2.37. The first kappa shape index (κ1) is 10.9. The normalized spacial score (nSPS) is 14.3. The van der Waals surface area contributed by atoms with Gasteiger partial charge in [0.2, 0.25) is 0 Å². The minimum atomic E-state index is -0.293. The molecule has 0 amide bonds. The van der Waals surface area contributed by atoms with Crippen LogP contribution in [0.15, 0.2) is 36.4 Å². The summed E-state index contributed by atoms with van der Waals surface area (Å²) in [7, 11) is 0. The van der Waals surface area contributed by atoms with Crippen molar-refractivity contribution in [1.29, 1.82) is 0 Å². The molecular formula is C14H11FN2O. The molecule has 0 aliphatic carbocycles. The molecule has 0 saturated carbocycles. The van der Waals surface area contributed by atoms with Crippen LogP contribution >= 0.6 is 0 Å². The molecule has 2 aromatic rings. The average molecular weight is 242 g/mol. The van der Waals surface area contributed by atoms with Gasteiger partial charge in [0.1, 0.15) is 5.82 Å². The van der Waals surface area contributed by atoms with Crippen LogP contribution in [0.4, 0.5) is 4.39 Å². The van der Waals surface area contributed by atoms with E-state index < -0.39 is 0 Å². The Balaban J connectivity index is 2.15. The number of aryl methyl sites for hydroxylation is 1. The molecule has 0 spiro atoms. The lowest BCUT2D eigenvalue weighted by molar-refractivity contribution is -0.114. The molecule has 3 nitrogen and oxygen atoms in total. The van der Waals surface area contributed by atoms with E-state index in [-0.39, 0.29) is 11.6 Å². The van der Waals surface area contributed by atoms with Crippen molar-refractivity contribution < 1.29 is 9.18 Å². The highest BCUT2D eigenvalue weighted by molar-refractivity contribution is 5.99. The Bertz CT molecular complexity index is 653.